The molecular weight excluding hydrogens is 226 g/mol. The van der Waals surface area contributed by atoms with E-state index in [-0.39, 0.29) is 0 Å². The van der Waals surface area contributed by atoms with Gasteiger partial charge in [0.25, 0.3) is 5.89 Å². The lowest BCUT2D eigenvalue weighted by atomic mass is 10.2. The molecule has 2 aromatic rings. The van der Waals surface area contributed by atoms with Gasteiger partial charge in [-0.25, -0.2) is 0 Å². The van der Waals surface area contributed by atoms with Gasteiger partial charge in [0.05, 0.1) is 0 Å². The average Bonchev–Trinajstić information content (AvgIpc) is 2.75. The average molecular weight is 238 g/mol. The zero-order valence-electron chi connectivity index (χ0n) is 8.90. The zero-order valence-corrected chi connectivity index (χ0v) is 9.66. The van der Waals surface area contributed by atoms with E-state index < -0.39 is 0 Å². The minimum Gasteiger partial charge on any atom is -0.334 e. The molecule has 16 heavy (non-hydrogen) atoms. The molecule has 1 aromatic heterocycles. The molecule has 0 atom stereocenters. The van der Waals surface area contributed by atoms with Gasteiger partial charge in [-0.15, -0.1) is 0 Å². The van der Waals surface area contributed by atoms with Crippen molar-refractivity contribution in [1.29, 1.82) is 0 Å². The Morgan fingerprint density at radius 3 is 3.06 bits per heavy atom. The monoisotopic (exact) mass is 237 g/mol. The van der Waals surface area contributed by atoms with Crippen molar-refractivity contribution in [3.05, 3.63) is 35.1 Å². The summed E-state index contributed by atoms with van der Waals surface area (Å²) in [5.41, 5.74) is 0.843. The second-order valence-corrected chi connectivity index (χ2v) is 3.82. The Kier molecular flexibility index (Phi) is 3.54. The number of nitrogens with one attached hydrogen (secondary N) is 1. The van der Waals surface area contributed by atoms with Crippen LogP contribution in [0.3, 0.4) is 0 Å². The molecule has 1 heterocycles. The van der Waals surface area contributed by atoms with E-state index >= 15 is 0 Å². The molecule has 1 N–H and O–H groups in total. The highest BCUT2D eigenvalue weighted by molar-refractivity contribution is 6.30. The predicted octanol–water partition coefficient (Wildman–Crippen LogP) is 2.15. The van der Waals surface area contributed by atoms with Crippen molar-refractivity contribution in [2.24, 2.45) is 0 Å². The van der Waals surface area contributed by atoms with Crippen LogP contribution in [-0.2, 0) is 6.42 Å². The second kappa shape index (κ2) is 5.09. The van der Waals surface area contributed by atoms with E-state index in [1.54, 1.807) is 6.07 Å². The van der Waals surface area contributed by atoms with Crippen molar-refractivity contribution in [1.82, 2.24) is 15.5 Å². The van der Waals surface area contributed by atoms with E-state index in [1.165, 1.54) is 0 Å². The third-order valence-corrected chi connectivity index (χ3v) is 2.37. The van der Waals surface area contributed by atoms with Crippen molar-refractivity contribution in [3.8, 4) is 11.5 Å². The van der Waals surface area contributed by atoms with Gasteiger partial charge in [0, 0.05) is 23.6 Å². The summed E-state index contributed by atoms with van der Waals surface area (Å²) >= 11 is 5.89. The van der Waals surface area contributed by atoms with Crippen LogP contribution in [-0.4, -0.2) is 23.7 Å². The fraction of sp³-hybridized carbons (Fsp3) is 0.273. The Balaban J connectivity index is 2.18. The fourth-order valence-corrected chi connectivity index (χ4v) is 1.52. The fourth-order valence-electron chi connectivity index (χ4n) is 1.33. The Morgan fingerprint density at radius 1 is 1.44 bits per heavy atom. The largest absolute Gasteiger partial charge is 0.334 e. The van der Waals surface area contributed by atoms with E-state index in [4.69, 9.17) is 16.1 Å². The molecule has 2 rings (SSSR count). The number of halogens is 1. The van der Waals surface area contributed by atoms with Crippen LogP contribution in [0.2, 0.25) is 5.02 Å². The molecule has 0 spiro atoms. The molecule has 5 heteroatoms. The van der Waals surface area contributed by atoms with Crippen LogP contribution in [0.15, 0.2) is 28.8 Å². The van der Waals surface area contributed by atoms with E-state index in [2.05, 4.69) is 15.5 Å². The van der Waals surface area contributed by atoms with Crippen LogP contribution in [0.5, 0.6) is 0 Å². The summed E-state index contributed by atoms with van der Waals surface area (Å²) in [4.78, 5) is 4.28. The highest BCUT2D eigenvalue weighted by atomic mass is 35.5. The predicted molar refractivity (Wildman–Crippen MR) is 62.4 cm³/mol. The molecule has 0 saturated carbocycles. The number of hydrogen-bond acceptors (Lipinski definition) is 4. The zero-order chi connectivity index (χ0) is 11.4. The lowest BCUT2D eigenvalue weighted by Crippen LogP contribution is -2.10. The highest BCUT2D eigenvalue weighted by Gasteiger charge is 2.08. The summed E-state index contributed by atoms with van der Waals surface area (Å²) < 4.78 is 5.16. The number of hydrogen-bond donors (Lipinski definition) is 1. The van der Waals surface area contributed by atoms with E-state index in [0.717, 1.165) is 18.5 Å². The normalized spacial score (nSPS) is 10.6. The number of benzene rings is 1. The lowest BCUT2D eigenvalue weighted by Gasteiger charge is -1.94. The third-order valence-electron chi connectivity index (χ3n) is 2.14. The van der Waals surface area contributed by atoms with Gasteiger partial charge in [0.2, 0.25) is 0 Å². The number of rotatable bonds is 4. The molecule has 0 aliphatic rings. The van der Waals surface area contributed by atoms with Crippen LogP contribution in [0.25, 0.3) is 11.5 Å². The Morgan fingerprint density at radius 2 is 2.31 bits per heavy atom. The minimum atomic E-state index is 0.508. The first-order chi connectivity index (χ1) is 7.79. The topological polar surface area (TPSA) is 51.0 Å². The maximum atomic E-state index is 5.89. The van der Waals surface area contributed by atoms with Gasteiger partial charge in [-0.2, -0.15) is 4.98 Å². The van der Waals surface area contributed by atoms with Gasteiger partial charge in [0.15, 0.2) is 5.82 Å². The maximum absolute atomic E-state index is 5.89. The summed E-state index contributed by atoms with van der Waals surface area (Å²) in [5.74, 6) is 1.21. The van der Waals surface area contributed by atoms with Gasteiger partial charge in [-0.05, 0) is 25.2 Å². The van der Waals surface area contributed by atoms with Crippen LogP contribution >= 0.6 is 11.6 Å². The van der Waals surface area contributed by atoms with Gasteiger partial charge in [-0.3, -0.25) is 0 Å². The molecule has 84 valence electrons. The SMILES string of the molecule is CNCCc1noc(-c2cccc(Cl)c2)n1. The number of likely N-dealkylation sites (N-methyl/N-ethyl adjacent to an activating group) is 1. The molecule has 4 nitrogen and oxygen atoms in total. The van der Waals surface area contributed by atoms with E-state index in [1.807, 2.05) is 25.2 Å². The Labute approximate surface area is 98.6 Å². The number of aromatic nitrogens is 2. The summed E-state index contributed by atoms with van der Waals surface area (Å²) in [6, 6.07) is 7.36. The standard InChI is InChI=1S/C11H12ClN3O/c1-13-6-5-10-14-11(16-15-10)8-3-2-4-9(12)7-8/h2-4,7,13H,5-6H2,1H3. The van der Waals surface area contributed by atoms with Gasteiger partial charge < -0.3 is 9.84 Å². The van der Waals surface area contributed by atoms with Crippen molar-refractivity contribution in [2.75, 3.05) is 13.6 Å². The first-order valence-corrected chi connectivity index (χ1v) is 5.40. The lowest BCUT2D eigenvalue weighted by molar-refractivity contribution is 0.422. The maximum Gasteiger partial charge on any atom is 0.257 e. The highest BCUT2D eigenvalue weighted by Crippen LogP contribution is 2.20. The van der Waals surface area contributed by atoms with Crippen LogP contribution in [0.1, 0.15) is 5.82 Å². The molecular formula is C11H12ClN3O. The molecule has 0 radical (unpaired) electrons. The molecule has 0 amide bonds. The van der Waals surface area contributed by atoms with Crippen LogP contribution in [0, 0.1) is 0 Å². The van der Waals surface area contributed by atoms with Gasteiger partial charge in [0.1, 0.15) is 0 Å². The van der Waals surface area contributed by atoms with Crippen LogP contribution in [0.4, 0.5) is 0 Å². The van der Waals surface area contributed by atoms with Crippen molar-refractivity contribution in [2.45, 2.75) is 6.42 Å². The summed E-state index contributed by atoms with van der Waals surface area (Å²) in [6.45, 7) is 0.828. The van der Waals surface area contributed by atoms with Crippen molar-refractivity contribution < 1.29 is 4.52 Å². The first kappa shape index (κ1) is 11.1. The van der Waals surface area contributed by atoms with Gasteiger partial charge in [-0.1, -0.05) is 22.8 Å². The van der Waals surface area contributed by atoms with E-state index in [9.17, 15) is 0 Å². The number of nitrogens with zero attached hydrogens (tertiary/aromatic N) is 2. The third kappa shape index (κ3) is 2.59. The molecule has 0 saturated heterocycles. The Bertz CT molecular complexity index is 470. The van der Waals surface area contributed by atoms with Gasteiger partial charge >= 0.3 is 0 Å². The minimum absolute atomic E-state index is 0.508. The molecule has 0 aliphatic heterocycles. The van der Waals surface area contributed by atoms with Crippen molar-refractivity contribution >= 4 is 11.6 Å². The summed E-state index contributed by atoms with van der Waals surface area (Å²) in [7, 11) is 1.89. The first-order valence-electron chi connectivity index (χ1n) is 5.02. The van der Waals surface area contributed by atoms with Crippen molar-refractivity contribution in [3.63, 3.8) is 0 Å². The molecule has 0 fully saturated rings. The molecule has 1 aromatic carbocycles. The molecule has 0 unspecified atom stereocenters. The van der Waals surface area contributed by atoms with Crippen LogP contribution < -0.4 is 5.32 Å². The second-order valence-electron chi connectivity index (χ2n) is 3.38. The Hall–Kier alpha value is -1.39. The molecule has 0 bridgehead atoms. The molecule has 0 aliphatic carbocycles. The summed E-state index contributed by atoms with van der Waals surface area (Å²) in [5, 5.41) is 7.58. The summed E-state index contributed by atoms with van der Waals surface area (Å²) in [6.07, 6.45) is 0.751. The smallest absolute Gasteiger partial charge is 0.257 e. The quantitative estimate of drug-likeness (QED) is 0.885. The van der Waals surface area contributed by atoms with E-state index in [0.29, 0.717) is 16.7 Å².